The predicted octanol–water partition coefficient (Wildman–Crippen LogP) is 0.509. The average molecular weight is 174 g/mol. The van der Waals surface area contributed by atoms with Gasteiger partial charge < -0.3 is 18.9 Å². The first-order valence-corrected chi connectivity index (χ1v) is 4.41. The lowest BCUT2D eigenvalue weighted by Gasteiger charge is -2.16. The lowest BCUT2D eigenvalue weighted by Crippen LogP contribution is -2.24. The molecule has 0 aromatic heterocycles. The quantitative estimate of drug-likeness (QED) is 0.582. The van der Waals surface area contributed by atoms with Gasteiger partial charge in [0, 0.05) is 13.2 Å². The summed E-state index contributed by atoms with van der Waals surface area (Å²) in [6, 6.07) is 0. The molecule has 2 fully saturated rings. The maximum atomic E-state index is 5.43. The topological polar surface area (TPSA) is 40.2 Å². The van der Waals surface area contributed by atoms with Crippen LogP contribution in [0.15, 0.2) is 0 Å². The lowest BCUT2D eigenvalue weighted by atomic mass is 10.3. The molecule has 0 amide bonds. The highest BCUT2D eigenvalue weighted by Crippen LogP contribution is 2.39. The molecule has 2 aliphatic heterocycles. The minimum Gasteiger partial charge on any atom is -0.358 e. The third-order valence-electron chi connectivity index (χ3n) is 2.03. The smallest absolute Gasteiger partial charge is 0.189 e. The second-order valence-corrected chi connectivity index (χ2v) is 2.85. The maximum Gasteiger partial charge on any atom is 0.189 e. The zero-order valence-electron chi connectivity index (χ0n) is 7.36. The van der Waals surface area contributed by atoms with Crippen LogP contribution in [0, 0.1) is 0 Å². The second kappa shape index (κ2) is 3.30. The molecule has 0 radical (unpaired) electrons. The molecule has 4 atom stereocenters. The highest BCUT2D eigenvalue weighted by atomic mass is 16.8. The SMILES string of the molecule is CCOC1OC(OCC)C2OC12. The fourth-order valence-electron chi connectivity index (χ4n) is 1.46. The highest BCUT2D eigenvalue weighted by molar-refractivity contribution is 4.96. The number of epoxide rings is 1. The van der Waals surface area contributed by atoms with Crippen LogP contribution < -0.4 is 0 Å². The van der Waals surface area contributed by atoms with Gasteiger partial charge in [0.1, 0.15) is 12.2 Å². The van der Waals surface area contributed by atoms with Gasteiger partial charge in [0.05, 0.1) is 0 Å². The first kappa shape index (κ1) is 8.44. The van der Waals surface area contributed by atoms with Gasteiger partial charge in [-0.15, -0.1) is 0 Å². The normalized spacial score (nSPS) is 44.5. The van der Waals surface area contributed by atoms with Crippen LogP contribution in [0.1, 0.15) is 13.8 Å². The molecule has 0 aromatic rings. The molecule has 0 spiro atoms. The highest BCUT2D eigenvalue weighted by Gasteiger charge is 2.59. The molecular formula is C8H14O4. The summed E-state index contributed by atoms with van der Waals surface area (Å²) in [5.74, 6) is 0. The van der Waals surface area contributed by atoms with Crippen molar-refractivity contribution in [1.29, 1.82) is 0 Å². The van der Waals surface area contributed by atoms with Gasteiger partial charge >= 0.3 is 0 Å². The Bertz CT molecular complexity index is 145. The fraction of sp³-hybridized carbons (Fsp3) is 1.00. The van der Waals surface area contributed by atoms with Gasteiger partial charge in [-0.1, -0.05) is 0 Å². The Morgan fingerprint density at radius 3 is 1.83 bits per heavy atom. The second-order valence-electron chi connectivity index (χ2n) is 2.85. The third kappa shape index (κ3) is 1.35. The lowest BCUT2D eigenvalue weighted by molar-refractivity contribution is -0.240. The summed E-state index contributed by atoms with van der Waals surface area (Å²) in [6.45, 7) is 5.18. The molecule has 0 aromatic carbocycles. The number of hydrogen-bond donors (Lipinski definition) is 0. The van der Waals surface area contributed by atoms with E-state index in [1.807, 2.05) is 13.8 Å². The van der Waals surface area contributed by atoms with Crippen LogP contribution in [0.3, 0.4) is 0 Å². The van der Waals surface area contributed by atoms with Gasteiger partial charge in [0.15, 0.2) is 12.6 Å². The number of rotatable bonds is 4. The molecule has 2 saturated heterocycles. The number of fused-ring (bicyclic) bond motifs is 1. The minimum absolute atomic E-state index is 0.112. The van der Waals surface area contributed by atoms with Crippen LogP contribution in [0.2, 0.25) is 0 Å². The van der Waals surface area contributed by atoms with E-state index in [1.54, 1.807) is 0 Å². The Morgan fingerprint density at radius 2 is 1.42 bits per heavy atom. The Hall–Kier alpha value is -0.160. The van der Waals surface area contributed by atoms with Crippen molar-refractivity contribution in [3.8, 4) is 0 Å². The van der Waals surface area contributed by atoms with Gasteiger partial charge in [-0.3, -0.25) is 0 Å². The van der Waals surface area contributed by atoms with E-state index in [4.69, 9.17) is 18.9 Å². The van der Waals surface area contributed by atoms with Crippen molar-refractivity contribution in [3.63, 3.8) is 0 Å². The van der Waals surface area contributed by atoms with Crippen LogP contribution in [0.5, 0.6) is 0 Å². The van der Waals surface area contributed by atoms with Crippen molar-refractivity contribution in [3.05, 3.63) is 0 Å². The van der Waals surface area contributed by atoms with E-state index in [0.29, 0.717) is 13.2 Å². The van der Waals surface area contributed by atoms with E-state index in [9.17, 15) is 0 Å². The summed E-state index contributed by atoms with van der Waals surface area (Å²) >= 11 is 0. The van der Waals surface area contributed by atoms with E-state index in [-0.39, 0.29) is 24.8 Å². The Labute approximate surface area is 71.7 Å². The van der Waals surface area contributed by atoms with Gasteiger partial charge in [0.25, 0.3) is 0 Å². The molecule has 4 unspecified atom stereocenters. The Kier molecular flexibility index (Phi) is 2.32. The molecule has 12 heavy (non-hydrogen) atoms. The van der Waals surface area contributed by atoms with Gasteiger partial charge in [-0.25, -0.2) is 0 Å². The molecule has 0 bridgehead atoms. The van der Waals surface area contributed by atoms with E-state index in [0.717, 1.165) is 0 Å². The zero-order valence-corrected chi connectivity index (χ0v) is 7.36. The standard InChI is InChI=1S/C8H14O4/c1-3-9-7-5-6(11-5)8(12-7)10-4-2/h5-8H,3-4H2,1-2H3. The zero-order chi connectivity index (χ0) is 8.55. The van der Waals surface area contributed by atoms with Crippen molar-refractivity contribution >= 4 is 0 Å². The average Bonchev–Trinajstić information content (AvgIpc) is 2.76. The molecule has 4 heteroatoms. The van der Waals surface area contributed by atoms with Gasteiger partial charge in [0.2, 0.25) is 0 Å². The summed E-state index contributed by atoms with van der Waals surface area (Å²) in [4.78, 5) is 0. The molecule has 2 rings (SSSR count). The van der Waals surface area contributed by atoms with Crippen molar-refractivity contribution in [1.82, 2.24) is 0 Å². The minimum atomic E-state index is -0.212. The molecule has 0 N–H and O–H groups in total. The fourth-order valence-corrected chi connectivity index (χ4v) is 1.46. The van der Waals surface area contributed by atoms with Crippen molar-refractivity contribution in [2.24, 2.45) is 0 Å². The molecule has 4 nitrogen and oxygen atoms in total. The maximum absolute atomic E-state index is 5.43. The van der Waals surface area contributed by atoms with E-state index in [1.165, 1.54) is 0 Å². The largest absolute Gasteiger partial charge is 0.358 e. The summed E-state index contributed by atoms with van der Waals surface area (Å²) < 4.78 is 21.4. The van der Waals surface area contributed by atoms with Crippen LogP contribution in [-0.4, -0.2) is 38.0 Å². The van der Waals surface area contributed by atoms with Crippen LogP contribution in [0.4, 0.5) is 0 Å². The van der Waals surface area contributed by atoms with Crippen molar-refractivity contribution in [2.75, 3.05) is 13.2 Å². The van der Waals surface area contributed by atoms with Crippen LogP contribution in [0.25, 0.3) is 0 Å². The van der Waals surface area contributed by atoms with Crippen LogP contribution in [-0.2, 0) is 18.9 Å². The molecular weight excluding hydrogens is 160 g/mol. The van der Waals surface area contributed by atoms with Gasteiger partial charge in [-0.2, -0.15) is 0 Å². The van der Waals surface area contributed by atoms with Gasteiger partial charge in [-0.05, 0) is 13.8 Å². The molecule has 0 aliphatic carbocycles. The predicted molar refractivity (Wildman–Crippen MR) is 40.6 cm³/mol. The first-order valence-electron chi connectivity index (χ1n) is 4.41. The van der Waals surface area contributed by atoms with E-state index < -0.39 is 0 Å². The Morgan fingerprint density at radius 1 is 0.917 bits per heavy atom. The van der Waals surface area contributed by atoms with Crippen molar-refractivity contribution < 1.29 is 18.9 Å². The summed E-state index contributed by atoms with van der Waals surface area (Å²) in [5, 5.41) is 0. The third-order valence-corrected chi connectivity index (χ3v) is 2.03. The van der Waals surface area contributed by atoms with Crippen LogP contribution >= 0.6 is 0 Å². The number of hydrogen-bond acceptors (Lipinski definition) is 4. The number of ether oxygens (including phenoxy) is 4. The first-order chi connectivity index (χ1) is 5.86. The van der Waals surface area contributed by atoms with E-state index >= 15 is 0 Å². The summed E-state index contributed by atoms with van der Waals surface area (Å²) in [5.41, 5.74) is 0. The van der Waals surface area contributed by atoms with Crippen molar-refractivity contribution in [2.45, 2.75) is 38.6 Å². The molecule has 70 valence electrons. The molecule has 0 saturated carbocycles. The molecule has 2 heterocycles. The monoisotopic (exact) mass is 174 g/mol. The Balaban J connectivity index is 1.82. The summed E-state index contributed by atoms with van der Waals surface area (Å²) in [6.07, 6.45) is -0.198. The van der Waals surface area contributed by atoms with E-state index in [2.05, 4.69) is 0 Å². The molecule has 2 aliphatic rings. The summed E-state index contributed by atoms with van der Waals surface area (Å²) in [7, 11) is 0.